The van der Waals surface area contributed by atoms with Crippen molar-refractivity contribution in [2.75, 3.05) is 13.2 Å². The molecule has 1 aromatic heterocycles. The van der Waals surface area contributed by atoms with Crippen molar-refractivity contribution in [2.24, 2.45) is 0 Å². The fourth-order valence-corrected chi connectivity index (χ4v) is 3.62. The second kappa shape index (κ2) is 8.27. The van der Waals surface area contributed by atoms with Crippen molar-refractivity contribution < 1.29 is 14.2 Å². The van der Waals surface area contributed by atoms with E-state index in [-0.39, 0.29) is 5.82 Å². The summed E-state index contributed by atoms with van der Waals surface area (Å²) in [5, 5.41) is 11.1. The lowest BCUT2D eigenvalue weighted by Gasteiger charge is -2.20. The zero-order valence-corrected chi connectivity index (χ0v) is 15.9. The SMILES string of the molecule is OC(c1cccnc1)c1ccc2c(c1)CN(Cc1ccc(F)cc1Cl)CCO2. The minimum atomic E-state index is -0.748. The molecule has 144 valence electrons. The number of nitrogens with zero attached hydrogens (tertiary/aromatic N) is 2. The van der Waals surface area contributed by atoms with Crippen molar-refractivity contribution >= 4 is 11.6 Å². The molecule has 0 bridgehead atoms. The van der Waals surface area contributed by atoms with Crippen molar-refractivity contribution in [1.29, 1.82) is 0 Å². The van der Waals surface area contributed by atoms with Gasteiger partial charge in [-0.25, -0.2) is 4.39 Å². The molecule has 2 aromatic carbocycles. The zero-order valence-electron chi connectivity index (χ0n) is 15.2. The first-order valence-corrected chi connectivity index (χ1v) is 9.48. The summed E-state index contributed by atoms with van der Waals surface area (Å²) >= 11 is 6.19. The van der Waals surface area contributed by atoms with Crippen molar-refractivity contribution in [1.82, 2.24) is 9.88 Å². The quantitative estimate of drug-likeness (QED) is 0.709. The molecule has 4 nitrogen and oxygen atoms in total. The Kier molecular flexibility index (Phi) is 5.57. The minimum absolute atomic E-state index is 0.340. The lowest BCUT2D eigenvalue weighted by atomic mass is 10.00. The first-order chi connectivity index (χ1) is 13.6. The minimum Gasteiger partial charge on any atom is -0.492 e. The number of aliphatic hydroxyl groups is 1. The third-order valence-electron chi connectivity index (χ3n) is 4.87. The van der Waals surface area contributed by atoms with E-state index in [1.54, 1.807) is 24.5 Å². The number of hydrogen-bond donors (Lipinski definition) is 1. The maximum absolute atomic E-state index is 13.3. The third kappa shape index (κ3) is 4.17. The second-order valence-corrected chi connectivity index (χ2v) is 7.26. The molecule has 0 fully saturated rings. The van der Waals surface area contributed by atoms with Crippen LogP contribution in [-0.2, 0) is 13.1 Å². The summed E-state index contributed by atoms with van der Waals surface area (Å²) in [6, 6.07) is 13.9. The summed E-state index contributed by atoms with van der Waals surface area (Å²) < 4.78 is 19.2. The monoisotopic (exact) mass is 398 g/mol. The van der Waals surface area contributed by atoms with Crippen molar-refractivity contribution in [3.05, 3.63) is 94.0 Å². The van der Waals surface area contributed by atoms with Crippen LogP contribution in [-0.4, -0.2) is 28.1 Å². The molecule has 1 unspecified atom stereocenters. The Balaban J connectivity index is 1.56. The van der Waals surface area contributed by atoms with Crippen LogP contribution < -0.4 is 4.74 Å². The largest absolute Gasteiger partial charge is 0.492 e. The number of benzene rings is 2. The number of hydrogen-bond acceptors (Lipinski definition) is 4. The molecule has 4 rings (SSSR count). The van der Waals surface area contributed by atoms with E-state index in [9.17, 15) is 9.50 Å². The van der Waals surface area contributed by atoms with Crippen LogP contribution in [0.3, 0.4) is 0 Å². The number of ether oxygens (including phenoxy) is 1. The Bertz CT molecular complexity index is 968. The molecule has 1 atom stereocenters. The molecule has 28 heavy (non-hydrogen) atoms. The predicted octanol–water partition coefficient (Wildman–Crippen LogP) is 4.35. The van der Waals surface area contributed by atoms with E-state index in [0.29, 0.717) is 24.7 Å². The molecule has 3 aromatic rings. The molecular formula is C22H20ClFN2O2. The second-order valence-electron chi connectivity index (χ2n) is 6.85. The topological polar surface area (TPSA) is 45.6 Å². The van der Waals surface area contributed by atoms with Crippen LogP contribution in [0.1, 0.15) is 28.4 Å². The maximum atomic E-state index is 13.3. The van der Waals surface area contributed by atoms with Crippen LogP contribution in [0.2, 0.25) is 5.02 Å². The molecule has 0 radical (unpaired) electrons. The number of rotatable bonds is 4. The average molecular weight is 399 g/mol. The third-order valence-corrected chi connectivity index (χ3v) is 5.22. The zero-order chi connectivity index (χ0) is 19.5. The Morgan fingerprint density at radius 2 is 2.07 bits per heavy atom. The Morgan fingerprint density at radius 3 is 2.86 bits per heavy atom. The first-order valence-electron chi connectivity index (χ1n) is 9.10. The summed E-state index contributed by atoms with van der Waals surface area (Å²) in [5.41, 5.74) is 3.40. The van der Waals surface area contributed by atoms with E-state index in [1.807, 2.05) is 24.3 Å². The van der Waals surface area contributed by atoms with Crippen LogP contribution in [0.15, 0.2) is 60.9 Å². The van der Waals surface area contributed by atoms with Crippen LogP contribution >= 0.6 is 11.6 Å². The lowest BCUT2D eigenvalue weighted by Crippen LogP contribution is -2.25. The lowest BCUT2D eigenvalue weighted by molar-refractivity contribution is 0.218. The van der Waals surface area contributed by atoms with Crippen LogP contribution in [0.5, 0.6) is 5.75 Å². The first kappa shape index (κ1) is 18.9. The summed E-state index contributed by atoms with van der Waals surface area (Å²) in [6.45, 7) is 2.52. The van der Waals surface area contributed by atoms with Gasteiger partial charge in [-0.15, -0.1) is 0 Å². The molecule has 1 N–H and O–H groups in total. The molecule has 6 heteroatoms. The van der Waals surface area contributed by atoms with E-state index in [4.69, 9.17) is 16.3 Å². The standard InChI is InChI=1S/C22H20ClFN2O2/c23-20-11-19(24)5-3-17(20)13-26-8-9-28-21-6-4-15(10-18(21)14-26)22(27)16-2-1-7-25-12-16/h1-7,10-12,22,27H,8-9,13-14H2. The highest BCUT2D eigenvalue weighted by Gasteiger charge is 2.19. The summed E-state index contributed by atoms with van der Waals surface area (Å²) in [5.74, 6) is 0.474. The smallest absolute Gasteiger partial charge is 0.124 e. The number of aromatic nitrogens is 1. The van der Waals surface area contributed by atoms with Gasteiger partial charge in [-0.2, -0.15) is 0 Å². The van der Waals surface area contributed by atoms with E-state index in [2.05, 4.69) is 9.88 Å². The average Bonchev–Trinajstić information content (AvgIpc) is 2.91. The van der Waals surface area contributed by atoms with Gasteiger partial charge in [0.25, 0.3) is 0 Å². The van der Waals surface area contributed by atoms with Gasteiger partial charge in [0.15, 0.2) is 0 Å². The van der Waals surface area contributed by atoms with E-state index < -0.39 is 6.10 Å². The normalized spacial score (nSPS) is 15.4. The van der Waals surface area contributed by atoms with E-state index in [1.165, 1.54) is 12.1 Å². The summed E-state index contributed by atoms with van der Waals surface area (Å²) in [4.78, 5) is 6.27. The Hall–Kier alpha value is -2.47. The molecule has 0 amide bonds. The molecule has 0 aliphatic carbocycles. The molecule has 2 heterocycles. The van der Waals surface area contributed by atoms with Gasteiger partial charge in [0.2, 0.25) is 0 Å². The molecule has 0 spiro atoms. The molecule has 1 aliphatic rings. The van der Waals surface area contributed by atoms with Gasteiger partial charge in [-0.05, 0) is 41.5 Å². The predicted molar refractivity (Wildman–Crippen MR) is 106 cm³/mol. The maximum Gasteiger partial charge on any atom is 0.124 e. The summed E-state index contributed by atoms with van der Waals surface area (Å²) in [6.07, 6.45) is 2.59. The van der Waals surface area contributed by atoms with Crippen molar-refractivity contribution in [3.8, 4) is 5.75 Å². The number of pyridine rings is 1. The molecule has 0 saturated carbocycles. The summed E-state index contributed by atoms with van der Waals surface area (Å²) in [7, 11) is 0. The van der Waals surface area contributed by atoms with E-state index in [0.717, 1.165) is 34.5 Å². The highest BCUT2D eigenvalue weighted by atomic mass is 35.5. The van der Waals surface area contributed by atoms with Gasteiger partial charge in [-0.3, -0.25) is 9.88 Å². The van der Waals surface area contributed by atoms with Gasteiger partial charge in [0.1, 0.15) is 24.3 Å². The Labute approximate surface area is 168 Å². The van der Waals surface area contributed by atoms with Gasteiger partial charge in [-0.1, -0.05) is 29.8 Å². The number of aliphatic hydroxyl groups excluding tert-OH is 1. The number of fused-ring (bicyclic) bond motifs is 1. The molecule has 0 saturated heterocycles. The fourth-order valence-electron chi connectivity index (χ4n) is 3.39. The Morgan fingerprint density at radius 1 is 1.18 bits per heavy atom. The highest BCUT2D eigenvalue weighted by molar-refractivity contribution is 6.31. The van der Waals surface area contributed by atoms with Gasteiger partial charge < -0.3 is 9.84 Å². The van der Waals surface area contributed by atoms with Gasteiger partial charge in [0, 0.05) is 48.2 Å². The van der Waals surface area contributed by atoms with Crippen LogP contribution in [0, 0.1) is 5.82 Å². The molecule has 1 aliphatic heterocycles. The van der Waals surface area contributed by atoms with E-state index >= 15 is 0 Å². The van der Waals surface area contributed by atoms with Crippen molar-refractivity contribution in [2.45, 2.75) is 19.2 Å². The fraction of sp³-hybridized carbons (Fsp3) is 0.227. The van der Waals surface area contributed by atoms with Gasteiger partial charge >= 0.3 is 0 Å². The van der Waals surface area contributed by atoms with Crippen LogP contribution in [0.25, 0.3) is 0 Å². The number of halogens is 2. The van der Waals surface area contributed by atoms with Crippen molar-refractivity contribution in [3.63, 3.8) is 0 Å². The molecular weight excluding hydrogens is 379 g/mol. The highest BCUT2D eigenvalue weighted by Crippen LogP contribution is 2.30. The van der Waals surface area contributed by atoms with Crippen LogP contribution in [0.4, 0.5) is 4.39 Å². The van der Waals surface area contributed by atoms with Gasteiger partial charge in [0.05, 0.1) is 0 Å².